The van der Waals surface area contributed by atoms with Crippen LogP contribution in [0.3, 0.4) is 0 Å². The molecule has 0 radical (unpaired) electrons. The number of unbranched alkanes of at least 4 members (excludes halogenated alkanes) is 2. The van der Waals surface area contributed by atoms with Crippen LogP contribution in [0.4, 0.5) is 5.95 Å². The Hall–Kier alpha value is -2.47. The van der Waals surface area contributed by atoms with Crippen LogP contribution in [0.5, 0.6) is 0 Å². The zero-order chi connectivity index (χ0) is 18.6. The standard InChI is InChI=1S/C20H32N6/c1-16(12-17-8-4-2-5-9-17)13-23-14-19(26-22)11-7-3-6-10-18-15-24-20(21)25-18/h2,4-5,8-9,14-16,23,26H,3,6-7,10-13,22H2,1H3,(H3,21,24,25)/b19-14-. The quantitative estimate of drug-likeness (QED) is 0.228. The second-order valence-electron chi connectivity index (χ2n) is 6.87. The fourth-order valence-corrected chi connectivity index (χ4v) is 2.97. The molecule has 0 aliphatic heterocycles. The molecule has 6 nitrogen and oxygen atoms in total. The molecule has 1 atom stereocenters. The van der Waals surface area contributed by atoms with Crippen LogP contribution in [-0.2, 0) is 12.8 Å². The number of H-pyrrole nitrogens is 1. The highest BCUT2D eigenvalue weighted by Gasteiger charge is 2.03. The molecule has 1 unspecified atom stereocenters. The summed E-state index contributed by atoms with van der Waals surface area (Å²) in [5, 5.41) is 3.39. The number of allylic oxidation sites excluding steroid dienone is 1. The van der Waals surface area contributed by atoms with Gasteiger partial charge in [-0.25, -0.2) is 4.98 Å². The van der Waals surface area contributed by atoms with E-state index < -0.39 is 0 Å². The number of nitrogen functional groups attached to an aromatic ring is 1. The predicted molar refractivity (Wildman–Crippen MR) is 108 cm³/mol. The van der Waals surface area contributed by atoms with Gasteiger partial charge in [0.15, 0.2) is 5.95 Å². The molecule has 0 spiro atoms. The van der Waals surface area contributed by atoms with Crippen LogP contribution >= 0.6 is 0 Å². The summed E-state index contributed by atoms with van der Waals surface area (Å²) in [6.45, 7) is 3.19. The largest absolute Gasteiger partial charge is 0.389 e. The number of aromatic nitrogens is 2. The summed E-state index contributed by atoms with van der Waals surface area (Å²) in [6.07, 6.45) is 10.2. The molecule has 2 aromatic rings. The van der Waals surface area contributed by atoms with E-state index in [4.69, 9.17) is 11.6 Å². The summed E-state index contributed by atoms with van der Waals surface area (Å²) in [7, 11) is 0. The van der Waals surface area contributed by atoms with Gasteiger partial charge in [0.1, 0.15) is 0 Å². The maximum Gasteiger partial charge on any atom is 0.197 e. The first-order chi connectivity index (χ1) is 12.7. The fraction of sp³-hybridized carbons (Fsp3) is 0.450. The first-order valence-electron chi connectivity index (χ1n) is 9.39. The van der Waals surface area contributed by atoms with E-state index in [2.05, 4.69) is 58.0 Å². The van der Waals surface area contributed by atoms with Gasteiger partial charge in [-0.1, -0.05) is 43.7 Å². The number of aryl methyl sites for hydroxylation is 1. The topological polar surface area (TPSA) is 105 Å². The van der Waals surface area contributed by atoms with Gasteiger partial charge in [-0.3, -0.25) is 5.84 Å². The number of aromatic amines is 1. The summed E-state index contributed by atoms with van der Waals surface area (Å²) in [4.78, 5) is 7.07. The Morgan fingerprint density at radius 2 is 2.04 bits per heavy atom. The molecule has 0 aliphatic rings. The molecule has 1 aromatic carbocycles. The fourth-order valence-electron chi connectivity index (χ4n) is 2.97. The van der Waals surface area contributed by atoms with Crippen molar-refractivity contribution in [1.82, 2.24) is 20.7 Å². The molecule has 1 heterocycles. The van der Waals surface area contributed by atoms with Crippen molar-refractivity contribution in [3.63, 3.8) is 0 Å². The van der Waals surface area contributed by atoms with Crippen LogP contribution in [0.1, 0.15) is 43.9 Å². The highest BCUT2D eigenvalue weighted by Crippen LogP contribution is 2.10. The summed E-state index contributed by atoms with van der Waals surface area (Å²) in [6, 6.07) is 10.6. The Labute approximate surface area is 156 Å². The number of benzene rings is 1. The number of hydrogen-bond donors (Lipinski definition) is 5. The van der Waals surface area contributed by atoms with Crippen molar-refractivity contribution in [3.8, 4) is 0 Å². The van der Waals surface area contributed by atoms with Crippen molar-refractivity contribution in [2.75, 3.05) is 12.3 Å². The van der Waals surface area contributed by atoms with Crippen LogP contribution < -0.4 is 22.3 Å². The van der Waals surface area contributed by atoms with E-state index >= 15 is 0 Å². The van der Waals surface area contributed by atoms with Gasteiger partial charge in [0, 0.05) is 24.1 Å². The van der Waals surface area contributed by atoms with Crippen molar-refractivity contribution in [3.05, 3.63) is 59.7 Å². The molecule has 0 saturated heterocycles. The van der Waals surface area contributed by atoms with Gasteiger partial charge in [-0.15, -0.1) is 0 Å². The molecule has 7 N–H and O–H groups in total. The van der Waals surface area contributed by atoms with Gasteiger partial charge in [0.2, 0.25) is 0 Å². The summed E-state index contributed by atoms with van der Waals surface area (Å²) < 4.78 is 0. The number of rotatable bonds is 12. The van der Waals surface area contributed by atoms with E-state index in [0.29, 0.717) is 11.9 Å². The average molecular weight is 357 g/mol. The number of imidazole rings is 1. The van der Waals surface area contributed by atoms with Crippen molar-refractivity contribution >= 4 is 5.95 Å². The SMILES string of the molecule is CC(CN/C=C(/CCCCCc1cnc(N)[nH]1)NN)Cc1ccccc1. The van der Waals surface area contributed by atoms with Gasteiger partial charge in [-0.2, -0.15) is 0 Å². The molecule has 0 fully saturated rings. The molecule has 0 aliphatic carbocycles. The van der Waals surface area contributed by atoms with Crippen LogP contribution in [0.25, 0.3) is 0 Å². The van der Waals surface area contributed by atoms with Crippen molar-refractivity contribution < 1.29 is 0 Å². The van der Waals surface area contributed by atoms with Gasteiger partial charge in [-0.05, 0) is 43.6 Å². The number of hydrogen-bond acceptors (Lipinski definition) is 5. The third kappa shape index (κ3) is 7.61. The van der Waals surface area contributed by atoms with Crippen LogP contribution in [0.2, 0.25) is 0 Å². The van der Waals surface area contributed by atoms with Gasteiger partial charge in [0.05, 0.1) is 6.20 Å². The summed E-state index contributed by atoms with van der Waals surface area (Å²) >= 11 is 0. The van der Waals surface area contributed by atoms with Crippen LogP contribution in [0, 0.1) is 5.92 Å². The smallest absolute Gasteiger partial charge is 0.197 e. The summed E-state index contributed by atoms with van der Waals surface area (Å²) in [5.41, 5.74) is 11.9. The molecule has 0 saturated carbocycles. The second-order valence-corrected chi connectivity index (χ2v) is 6.87. The van der Waals surface area contributed by atoms with Crippen LogP contribution in [0.15, 0.2) is 48.4 Å². The van der Waals surface area contributed by atoms with Gasteiger partial charge < -0.3 is 21.5 Å². The lowest BCUT2D eigenvalue weighted by molar-refractivity contribution is 0.549. The van der Waals surface area contributed by atoms with E-state index in [0.717, 1.165) is 56.5 Å². The molecule has 0 amide bonds. The third-order valence-electron chi connectivity index (χ3n) is 4.40. The molecule has 6 heteroatoms. The number of nitrogens with zero attached hydrogens (tertiary/aromatic N) is 1. The molecule has 26 heavy (non-hydrogen) atoms. The monoisotopic (exact) mass is 356 g/mol. The number of hydrazine groups is 1. The minimum Gasteiger partial charge on any atom is -0.389 e. The normalized spacial score (nSPS) is 12.8. The summed E-state index contributed by atoms with van der Waals surface area (Å²) in [5.74, 6) is 6.69. The van der Waals surface area contributed by atoms with E-state index in [-0.39, 0.29) is 0 Å². The zero-order valence-corrected chi connectivity index (χ0v) is 15.7. The Kier molecular flexibility index (Phi) is 8.55. The third-order valence-corrected chi connectivity index (χ3v) is 4.40. The van der Waals surface area contributed by atoms with E-state index in [9.17, 15) is 0 Å². The second kappa shape index (κ2) is 11.2. The van der Waals surface area contributed by atoms with Crippen molar-refractivity contribution in [2.45, 2.75) is 45.4 Å². The van der Waals surface area contributed by atoms with Crippen molar-refractivity contribution in [2.24, 2.45) is 11.8 Å². The first-order valence-corrected chi connectivity index (χ1v) is 9.39. The highest BCUT2D eigenvalue weighted by atomic mass is 15.2. The molecule has 142 valence electrons. The number of nitrogens with two attached hydrogens (primary N) is 2. The van der Waals surface area contributed by atoms with Gasteiger partial charge >= 0.3 is 0 Å². The number of nitrogens with one attached hydrogen (secondary N) is 3. The molecular formula is C20H32N6. The average Bonchev–Trinajstić information content (AvgIpc) is 3.06. The highest BCUT2D eigenvalue weighted by molar-refractivity contribution is 5.18. The lowest BCUT2D eigenvalue weighted by Gasteiger charge is -2.13. The van der Waals surface area contributed by atoms with E-state index in [1.165, 1.54) is 5.56 Å². The van der Waals surface area contributed by atoms with E-state index in [1.54, 1.807) is 0 Å². The Balaban J connectivity index is 1.59. The van der Waals surface area contributed by atoms with E-state index in [1.807, 2.05) is 12.4 Å². The zero-order valence-electron chi connectivity index (χ0n) is 15.7. The molecule has 2 rings (SSSR count). The van der Waals surface area contributed by atoms with Crippen molar-refractivity contribution in [1.29, 1.82) is 0 Å². The van der Waals surface area contributed by atoms with Crippen LogP contribution in [-0.4, -0.2) is 16.5 Å². The Morgan fingerprint density at radius 1 is 1.23 bits per heavy atom. The Bertz CT molecular complexity index is 649. The minimum atomic E-state index is 0.491. The maximum atomic E-state index is 5.64. The minimum absolute atomic E-state index is 0.491. The maximum absolute atomic E-state index is 5.64. The lowest BCUT2D eigenvalue weighted by Crippen LogP contribution is -2.25. The number of anilines is 1. The molecular weight excluding hydrogens is 324 g/mol. The molecule has 1 aromatic heterocycles. The van der Waals surface area contributed by atoms with Gasteiger partial charge in [0.25, 0.3) is 0 Å². The lowest BCUT2D eigenvalue weighted by atomic mass is 10.0. The predicted octanol–water partition coefficient (Wildman–Crippen LogP) is 2.87. The first kappa shape index (κ1) is 19.8. The molecule has 0 bridgehead atoms. The Morgan fingerprint density at radius 3 is 2.73 bits per heavy atom.